The first-order chi connectivity index (χ1) is 8.65. The van der Waals surface area contributed by atoms with Crippen molar-refractivity contribution in [2.75, 3.05) is 0 Å². The van der Waals surface area contributed by atoms with Gasteiger partial charge in [0.1, 0.15) is 0 Å². The number of azo groups is 1. The maximum absolute atomic E-state index is 10.7. The fourth-order valence-corrected chi connectivity index (χ4v) is 1.40. The first-order valence-corrected chi connectivity index (χ1v) is 5.47. The maximum Gasteiger partial charge on any atom is 0.335 e. The summed E-state index contributed by atoms with van der Waals surface area (Å²) in [6.07, 6.45) is 0. The van der Waals surface area contributed by atoms with Crippen molar-refractivity contribution in [1.29, 1.82) is 0 Å². The third-order valence-electron chi connectivity index (χ3n) is 2.43. The Morgan fingerprint density at radius 1 is 0.889 bits per heavy atom. The minimum absolute atomic E-state index is 0.240. The molecule has 0 aliphatic rings. The Bertz CT molecular complexity index is 572. The molecule has 0 amide bonds. The van der Waals surface area contributed by atoms with Crippen LogP contribution >= 0.6 is 0 Å². The number of carboxylic acid groups (broad SMARTS) is 1. The van der Waals surface area contributed by atoms with Crippen LogP contribution < -0.4 is 0 Å². The lowest BCUT2D eigenvalue weighted by Gasteiger charge is -1.96. The van der Waals surface area contributed by atoms with Gasteiger partial charge in [-0.3, -0.25) is 0 Å². The van der Waals surface area contributed by atoms with Gasteiger partial charge in [0.2, 0.25) is 0 Å². The van der Waals surface area contributed by atoms with Crippen molar-refractivity contribution in [3.05, 3.63) is 59.7 Å². The molecule has 0 heterocycles. The molecule has 90 valence electrons. The molecule has 0 aliphatic carbocycles. The number of rotatable bonds is 3. The highest BCUT2D eigenvalue weighted by molar-refractivity contribution is 5.87. The summed E-state index contributed by atoms with van der Waals surface area (Å²) in [6.45, 7) is 2.01. The predicted octanol–water partition coefficient (Wildman–Crippen LogP) is 4.11. The molecule has 2 aromatic rings. The van der Waals surface area contributed by atoms with Crippen molar-refractivity contribution in [3.63, 3.8) is 0 Å². The Kier molecular flexibility index (Phi) is 3.48. The van der Waals surface area contributed by atoms with Crippen LogP contribution in [0.5, 0.6) is 0 Å². The van der Waals surface area contributed by atoms with E-state index in [0.29, 0.717) is 5.69 Å². The zero-order valence-corrected chi connectivity index (χ0v) is 9.87. The lowest BCUT2D eigenvalue weighted by atomic mass is 10.2. The van der Waals surface area contributed by atoms with Crippen molar-refractivity contribution in [1.82, 2.24) is 0 Å². The highest BCUT2D eigenvalue weighted by atomic mass is 16.4. The highest BCUT2D eigenvalue weighted by Crippen LogP contribution is 2.18. The van der Waals surface area contributed by atoms with Crippen molar-refractivity contribution in [2.45, 2.75) is 6.92 Å². The Hall–Kier alpha value is -2.49. The average molecular weight is 240 g/mol. The quantitative estimate of drug-likeness (QED) is 0.820. The molecule has 0 unspecified atom stereocenters. The van der Waals surface area contributed by atoms with Crippen LogP contribution in [-0.4, -0.2) is 11.1 Å². The van der Waals surface area contributed by atoms with Gasteiger partial charge in [0.15, 0.2) is 0 Å². The summed E-state index contributed by atoms with van der Waals surface area (Å²) in [5, 5.41) is 16.9. The summed E-state index contributed by atoms with van der Waals surface area (Å²) in [5.74, 6) is -0.947. The van der Waals surface area contributed by atoms with E-state index in [1.807, 2.05) is 31.2 Å². The summed E-state index contributed by atoms with van der Waals surface area (Å²) in [4.78, 5) is 10.7. The van der Waals surface area contributed by atoms with E-state index in [2.05, 4.69) is 10.2 Å². The molecule has 0 fully saturated rings. The van der Waals surface area contributed by atoms with Crippen LogP contribution in [0.2, 0.25) is 0 Å². The summed E-state index contributed by atoms with van der Waals surface area (Å²) < 4.78 is 0. The molecule has 0 aromatic heterocycles. The summed E-state index contributed by atoms with van der Waals surface area (Å²) in [7, 11) is 0. The molecule has 4 heteroatoms. The van der Waals surface area contributed by atoms with E-state index in [-0.39, 0.29) is 5.56 Å². The van der Waals surface area contributed by atoms with E-state index in [9.17, 15) is 4.79 Å². The molecular formula is C14H12N2O2. The molecule has 0 spiro atoms. The predicted molar refractivity (Wildman–Crippen MR) is 68.8 cm³/mol. The second-order valence-corrected chi connectivity index (χ2v) is 3.89. The standard InChI is InChI=1S/C14H12N2O2/c1-10-2-6-12(7-3-10)15-16-13-8-4-11(5-9-13)14(17)18/h2-9H,1H3,(H,17,18). The van der Waals surface area contributed by atoms with Crippen molar-refractivity contribution in [3.8, 4) is 0 Å². The molecule has 0 bridgehead atoms. The molecule has 2 rings (SSSR count). The number of carbonyl (C=O) groups is 1. The van der Waals surface area contributed by atoms with Gasteiger partial charge in [0, 0.05) is 0 Å². The Labute approximate surface area is 105 Å². The fraction of sp³-hybridized carbons (Fsp3) is 0.0714. The van der Waals surface area contributed by atoms with Crippen molar-refractivity contribution < 1.29 is 9.90 Å². The lowest BCUT2D eigenvalue weighted by Crippen LogP contribution is -1.93. The number of aromatic carboxylic acids is 1. The Balaban J connectivity index is 2.13. The molecule has 4 nitrogen and oxygen atoms in total. The first kappa shape index (κ1) is 12.0. The van der Waals surface area contributed by atoms with E-state index in [0.717, 1.165) is 5.69 Å². The maximum atomic E-state index is 10.7. The molecule has 18 heavy (non-hydrogen) atoms. The molecule has 0 saturated heterocycles. The molecule has 0 aliphatic heterocycles. The zero-order chi connectivity index (χ0) is 13.0. The van der Waals surface area contributed by atoms with Gasteiger partial charge < -0.3 is 5.11 Å². The highest BCUT2D eigenvalue weighted by Gasteiger charge is 2.00. The molecule has 0 radical (unpaired) electrons. The van der Waals surface area contributed by atoms with Crippen LogP contribution in [0.25, 0.3) is 0 Å². The summed E-state index contributed by atoms with van der Waals surface area (Å²) >= 11 is 0. The van der Waals surface area contributed by atoms with E-state index >= 15 is 0 Å². The number of carboxylic acids is 1. The fourth-order valence-electron chi connectivity index (χ4n) is 1.40. The van der Waals surface area contributed by atoms with Gasteiger partial charge in [-0.2, -0.15) is 10.2 Å². The van der Waals surface area contributed by atoms with Gasteiger partial charge in [-0.15, -0.1) is 0 Å². The van der Waals surface area contributed by atoms with E-state index in [4.69, 9.17) is 5.11 Å². The van der Waals surface area contributed by atoms with Crippen LogP contribution in [0.3, 0.4) is 0 Å². The minimum Gasteiger partial charge on any atom is -0.478 e. The number of aryl methyl sites for hydroxylation is 1. The van der Waals surface area contributed by atoms with Crippen LogP contribution in [0.15, 0.2) is 58.8 Å². The SMILES string of the molecule is Cc1ccc(N=Nc2ccc(C(=O)O)cc2)cc1. The molecule has 0 saturated carbocycles. The van der Waals surface area contributed by atoms with Gasteiger partial charge in [0.05, 0.1) is 16.9 Å². The second-order valence-electron chi connectivity index (χ2n) is 3.89. The van der Waals surface area contributed by atoms with Gasteiger partial charge >= 0.3 is 5.97 Å². The zero-order valence-electron chi connectivity index (χ0n) is 9.87. The van der Waals surface area contributed by atoms with Crippen LogP contribution in [-0.2, 0) is 0 Å². The van der Waals surface area contributed by atoms with E-state index in [1.54, 1.807) is 12.1 Å². The number of nitrogens with zero attached hydrogens (tertiary/aromatic N) is 2. The van der Waals surface area contributed by atoms with Gasteiger partial charge in [-0.05, 0) is 43.3 Å². The smallest absolute Gasteiger partial charge is 0.335 e. The normalized spacial score (nSPS) is 10.7. The molecule has 1 N–H and O–H groups in total. The average Bonchev–Trinajstić information content (AvgIpc) is 2.38. The minimum atomic E-state index is -0.947. The Morgan fingerprint density at radius 3 is 1.78 bits per heavy atom. The van der Waals surface area contributed by atoms with Crippen molar-refractivity contribution >= 4 is 17.3 Å². The number of benzene rings is 2. The van der Waals surface area contributed by atoms with Crippen LogP contribution in [0.1, 0.15) is 15.9 Å². The monoisotopic (exact) mass is 240 g/mol. The molecule has 2 aromatic carbocycles. The Morgan fingerprint density at radius 2 is 1.33 bits per heavy atom. The van der Waals surface area contributed by atoms with Gasteiger partial charge in [-0.25, -0.2) is 4.79 Å². The van der Waals surface area contributed by atoms with Crippen LogP contribution in [0, 0.1) is 6.92 Å². The summed E-state index contributed by atoms with van der Waals surface area (Å²) in [6, 6.07) is 13.9. The second kappa shape index (κ2) is 5.23. The summed E-state index contributed by atoms with van der Waals surface area (Å²) in [5.41, 5.74) is 2.80. The topological polar surface area (TPSA) is 62.0 Å². The molecular weight excluding hydrogens is 228 g/mol. The largest absolute Gasteiger partial charge is 0.478 e. The third-order valence-corrected chi connectivity index (χ3v) is 2.43. The van der Waals surface area contributed by atoms with Gasteiger partial charge in [0.25, 0.3) is 0 Å². The van der Waals surface area contributed by atoms with Gasteiger partial charge in [-0.1, -0.05) is 17.7 Å². The first-order valence-electron chi connectivity index (χ1n) is 5.47. The lowest BCUT2D eigenvalue weighted by molar-refractivity contribution is 0.0697. The van der Waals surface area contributed by atoms with Crippen molar-refractivity contribution in [2.24, 2.45) is 10.2 Å². The number of hydrogen-bond acceptors (Lipinski definition) is 3. The van der Waals surface area contributed by atoms with Crippen LogP contribution in [0.4, 0.5) is 11.4 Å². The molecule has 0 atom stereocenters. The third kappa shape index (κ3) is 3.01. The number of hydrogen-bond donors (Lipinski definition) is 1. The van der Waals surface area contributed by atoms with E-state index < -0.39 is 5.97 Å². The van der Waals surface area contributed by atoms with E-state index in [1.165, 1.54) is 17.7 Å².